The number of hydrogen-bond acceptors (Lipinski definition) is 12. The van der Waals surface area contributed by atoms with Gasteiger partial charge < -0.3 is 40.1 Å². The standard InChI is InChI=1S/C36H44N8O9/c1-52-29-9-8-21(11-30(29)53-2)14-37-36(51)33(48)28-7-4-10-44(28)32(47)15-38-35(50)27-12-24(34(49)39-27)13-31(46)42-16-22-5-3-6-23(26(22)19-42)17-43-18-25(20-45)40-41-43/h3,5-6,8-9,11,18,24,27-28,36-37,45,51H,4,7,10,12-17,19-20H2,1-2H3,(H,38,50)(H,39,49)/t24-,27?,28?,36?/m0/s1. The predicted molar refractivity (Wildman–Crippen MR) is 186 cm³/mol. The van der Waals surface area contributed by atoms with Crippen LogP contribution in [0.3, 0.4) is 0 Å². The number of likely N-dealkylation sites (tertiary alicyclic amines) is 1. The van der Waals surface area contributed by atoms with E-state index in [1.54, 1.807) is 34.0 Å². The summed E-state index contributed by atoms with van der Waals surface area (Å²) in [5, 5.41) is 35.9. The number of ketones is 1. The van der Waals surface area contributed by atoms with Crippen molar-refractivity contribution in [2.24, 2.45) is 5.92 Å². The third-order valence-electron chi connectivity index (χ3n) is 9.99. The van der Waals surface area contributed by atoms with E-state index in [-0.39, 0.29) is 31.9 Å². The highest BCUT2D eigenvalue weighted by Crippen LogP contribution is 2.30. The zero-order chi connectivity index (χ0) is 37.6. The van der Waals surface area contributed by atoms with E-state index in [9.17, 15) is 34.2 Å². The predicted octanol–water partition coefficient (Wildman–Crippen LogP) is -0.643. The van der Waals surface area contributed by atoms with Crippen LogP contribution >= 0.6 is 0 Å². The summed E-state index contributed by atoms with van der Waals surface area (Å²) >= 11 is 0. The number of carbonyl (C=O) groups excluding carboxylic acids is 5. The number of carbonyl (C=O) groups is 5. The SMILES string of the molecule is COc1ccc(CNC(O)C(=O)C2CCCN2C(=O)CNC(=O)C2C[C@@H](CC(=O)N3Cc4cccc(Cn5cc(CO)nn5)c4C3)C(=O)N2)cc1OC. The van der Waals surface area contributed by atoms with E-state index in [4.69, 9.17) is 9.47 Å². The third kappa shape index (κ3) is 8.48. The number of Topliss-reactive ketones (excluding diaryl/α,β-unsaturated/α-hetero) is 1. The fourth-order valence-corrected chi connectivity index (χ4v) is 7.14. The summed E-state index contributed by atoms with van der Waals surface area (Å²) in [6.45, 7) is 1.06. The number of fused-ring (bicyclic) bond motifs is 1. The third-order valence-corrected chi connectivity index (χ3v) is 9.99. The number of hydrogen-bond donors (Lipinski definition) is 5. The van der Waals surface area contributed by atoms with Crippen molar-refractivity contribution < 1.29 is 43.7 Å². The van der Waals surface area contributed by atoms with Crippen molar-refractivity contribution >= 4 is 29.4 Å². The van der Waals surface area contributed by atoms with Crippen molar-refractivity contribution in [1.82, 2.24) is 40.7 Å². The van der Waals surface area contributed by atoms with Crippen LogP contribution in [0, 0.1) is 5.92 Å². The minimum absolute atomic E-state index is 0.0687. The molecule has 0 aliphatic carbocycles. The summed E-state index contributed by atoms with van der Waals surface area (Å²) in [6, 6.07) is 9.27. The van der Waals surface area contributed by atoms with Gasteiger partial charge in [-0.15, -0.1) is 5.10 Å². The summed E-state index contributed by atoms with van der Waals surface area (Å²) in [5.41, 5.74) is 4.18. The first kappa shape index (κ1) is 37.4. The first-order valence-corrected chi connectivity index (χ1v) is 17.5. The Morgan fingerprint density at radius 3 is 2.64 bits per heavy atom. The van der Waals surface area contributed by atoms with Gasteiger partial charge in [-0.3, -0.25) is 29.3 Å². The Morgan fingerprint density at radius 1 is 1.08 bits per heavy atom. The molecule has 0 radical (unpaired) electrons. The van der Waals surface area contributed by atoms with Crippen molar-refractivity contribution in [1.29, 1.82) is 0 Å². The van der Waals surface area contributed by atoms with Gasteiger partial charge in [0, 0.05) is 38.5 Å². The second kappa shape index (κ2) is 16.5. The molecule has 3 aliphatic rings. The molecule has 1 aromatic heterocycles. The molecule has 282 valence electrons. The van der Waals surface area contributed by atoms with Crippen LogP contribution in [0.2, 0.25) is 0 Å². The second-order valence-corrected chi connectivity index (χ2v) is 13.4. The molecule has 6 rings (SSSR count). The molecule has 3 aromatic rings. The van der Waals surface area contributed by atoms with Gasteiger partial charge >= 0.3 is 0 Å². The molecular weight excluding hydrogens is 688 g/mol. The van der Waals surface area contributed by atoms with Crippen LogP contribution in [-0.2, 0) is 56.8 Å². The van der Waals surface area contributed by atoms with Gasteiger partial charge in [0.2, 0.25) is 23.6 Å². The quantitative estimate of drug-likeness (QED) is 0.123. The number of amides is 4. The minimum atomic E-state index is -1.53. The molecule has 17 nitrogen and oxygen atoms in total. The van der Waals surface area contributed by atoms with E-state index in [1.165, 1.54) is 19.1 Å². The fourth-order valence-electron chi connectivity index (χ4n) is 7.14. The number of methoxy groups -OCH3 is 2. The lowest BCUT2D eigenvalue weighted by atomic mass is 10.00. The zero-order valence-electron chi connectivity index (χ0n) is 29.6. The van der Waals surface area contributed by atoms with Crippen LogP contribution < -0.4 is 25.4 Å². The zero-order valence-corrected chi connectivity index (χ0v) is 29.6. The Morgan fingerprint density at radius 2 is 1.89 bits per heavy atom. The molecule has 4 atom stereocenters. The van der Waals surface area contributed by atoms with Gasteiger partial charge in [0.05, 0.1) is 46.2 Å². The smallest absolute Gasteiger partial charge is 0.243 e. The van der Waals surface area contributed by atoms with Crippen molar-refractivity contribution in [3.05, 3.63) is 70.5 Å². The van der Waals surface area contributed by atoms with Crippen LogP contribution in [0.5, 0.6) is 11.5 Å². The Kier molecular flexibility index (Phi) is 11.6. The molecule has 2 fully saturated rings. The van der Waals surface area contributed by atoms with E-state index in [1.807, 2.05) is 18.2 Å². The van der Waals surface area contributed by atoms with Crippen LogP contribution in [0.1, 0.15) is 53.6 Å². The number of benzene rings is 2. The van der Waals surface area contributed by atoms with Crippen LogP contribution in [0.4, 0.5) is 0 Å². The highest BCUT2D eigenvalue weighted by molar-refractivity contribution is 5.96. The Labute approximate surface area is 305 Å². The van der Waals surface area contributed by atoms with Crippen LogP contribution in [0.25, 0.3) is 0 Å². The number of nitrogens with one attached hydrogen (secondary N) is 3. The molecule has 0 saturated carbocycles. The lowest BCUT2D eigenvalue weighted by Gasteiger charge is -2.26. The van der Waals surface area contributed by atoms with E-state index in [0.29, 0.717) is 56.2 Å². The Balaban J connectivity index is 0.956. The highest BCUT2D eigenvalue weighted by atomic mass is 16.5. The normalized spacial score (nSPS) is 19.8. The summed E-state index contributed by atoms with van der Waals surface area (Å²) in [6.07, 6.45) is 1.10. The van der Waals surface area contributed by atoms with Crippen LogP contribution in [-0.4, -0.2) is 110 Å². The lowest BCUT2D eigenvalue weighted by Crippen LogP contribution is -2.52. The first-order chi connectivity index (χ1) is 25.6. The number of rotatable bonds is 15. The number of ether oxygens (including phenoxy) is 2. The summed E-state index contributed by atoms with van der Waals surface area (Å²) in [7, 11) is 3.03. The second-order valence-electron chi connectivity index (χ2n) is 13.4. The average Bonchev–Trinajstić information content (AvgIpc) is 3.99. The maximum Gasteiger partial charge on any atom is 0.243 e. The molecule has 5 N–H and O–H groups in total. The van der Waals surface area contributed by atoms with Gasteiger partial charge in [0.25, 0.3) is 0 Å². The van der Waals surface area contributed by atoms with Crippen molar-refractivity contribution in [3.63, 3.8) is 0 Å². The van der Waals surface area contributed by atoms with Gasteiger partial charge in [0.15, 0.2) is 23.5 Å². The van der Waals surface area contributed by atoms with E-state index in [0.717, 1.165) is 22.3 Å². The van der Waals surface area contributed by atoms with Gasteiger partial charge in [0.1, 0.15) is 11.7 Å². The maximum atomic E-state index is 13.3. The Bertz CT molecular complexity index is 1870. The average molecular weight is 733 g/mol. The molecule has 0 bridgehead atoms. The monoisotopic (exact) mass is 732 g/mol. The number of aliphatic hydroxyl groups excluding tert-OH is 2. The highest BCUT2D eigenvalue weighted by Gasteiger charge is 2.40. The molecular formula is C36H44N8O9. The van der Waals surface area contributed by atoms with E-state index in [2.05, 4.69) is 26.3 Å². The topological polar surface area (TPSA) is 218 Å². The van der Waals surface area contributed by atoms with Crippen LogP contribution in [0.15, 0.2) is 42.6 Å². The number of aliphatic hydroxyl groups is 2. The maximum absolute atomic E-state index is 13.3. The molecule has 3 aliphatic heterocycles. The van der Waals surface area contributed by atoms with Crippen molar-refractivity contribution in [3.8, 4) is 11.5 Å². The van der Waals surface area contributed by atoms with Gasteiger partial charge in [-0.25, -0.2) is 4.68 Å². The van der Waals surface area contributed by atoms with E-state index >= 15 is 0 Å². The molecule has 3 unspecified atom stereocenters. The molecule has 2 aromatic carbocycles. The van der Waals surface area contributed by atoms with Gasteiger partial charge in [-0.2, -0.15) is 0 Å². The first-order valence-electron chi connectivity index (χ1n) is 17.5. The molecule has 2 saturated heterocycles. The summed E-state index contributed by atoms with van der Waals surface area (Å²) in [5.74, 6) is -1.87. The van der Waals surface area contributed by atoms with Crippen molar-refractivity contribution in [2.45, 2.75) is 76.8 Å². The number of aromatic nitrogens is 3. The molecule has 4 heterocycles. The largest absolute Gasteiger partial charge is 0.493 e. The lowest BCUT2D eigenvalue weighted by molar-refractivity contribution is -0.142. The minimum Gasteiger partial charge on any atom is -0.493 e. The summed E-state index contributed by atoms with van der Waals surface area (Å²) < 4.78 is 12.2. The molecule has 4 amide bonds. The van der Waals surface area contributed by atoms with Gasteiger partial charge in [-0.05, 0) is 53.6 Å². The van der Waals surface area contributed by atoms with E-state index < -0.39 is 54.3 Å². The van der Waals surface area contributed by atoms with Gasteiger partial charge in [-0.1, -0.05) is 29.5 Å². The molecule has 53 heavy (non-hydrogen) atoms. The molecule has 0 spiro atoms. The molecule has 17 heteroatoms. The number of nitrogens with zero attached hydrogens (tertiary/aromatic N) is 5. The Hall–Kier alpha value is -5.39. The fraction of sp³-hybridized carbons (Fsp3) is 0.472. The summed E-state index contributed by atoms with van der Waals surface area (Å²) in [4.78, 5) is 68.5. The van der Waals surface area contributed by atoms with Crippen molar-refractivity contribution in [2.75, 3.05) is 27.3 Å².